The Hall–Kier alpha value is -3.52. The summed E-state index contributed by atoms with van der Waals surface area (Å²) in [6.45, 7) is 6.77. The van der Waals surface area contributed by atoms with Crippen molar-refractivity contribution in [2.75, 3.05) is 34.3 Å². The third-order valence-corrected chi connectivity index (χ3v) is 5.87. The number of likely N-dealkylation sites (tertiary alicyclic amines) is 1. The number of ketones is 1. The topological polar surface area (TPSA) is 99.5 Å². The van der Waals surface area contributed by atoms with Gasteiger partial charge in [0.1, 0.15) is 11.5 Å². The fourth-order valence-corrected chi connectivity index (χ4v) is 4.22. The van der Waals surface area contributed by atoms with E-state index >= 15 is 0 Å². The largest absolute Gasteiger partial charge is 0.507 e. The molecule has 0 unspecified atom stereocenters. The van der Waals surface area contributed by atoms with Crippen LogP contribution in [0.5, 0.6) is 17.2 Å². The first-order valence-corrected chi connectivity index (χ1v) is 11.6. The predicted octanol–water partition coefficient (Wildman–Crippen LogP) is 3.87. The Bertz CT molecular complexity index is 1140. The molecule has 2 aromatic carbocycles. The minimum absolute atomic E-state index is 0.00419. The fourth-order valence-electron chi connectivity index (χ4n) is 4.22. The number of phenols is 1. The number of aromatic hydroxyl groups is 1. The predicted molar refractivity (Wildman–Crippen MR) is 134 cm³/mol. The number of benzene rings is 2. The van der Waals surface area contributed by atoms with Gasteiger partial charge in [0, 0.05) is 12.1 Å². The smallest absolute Gasteiger partial charge is 0.295 e. The molecule has 0 radical (unpaired) electrons. The third-order valence-electron chi connectivity index (χ3n) is 5.87. The number of phenolic OH excluding ortho intramolecular Hbond substituents is 1. The van der Waals surface area contributed by atoms with Crippen molar-refractivity contribution in [3.8, 4) is 17.2 Å². The Morgan fingerprint density at radius 1 is 1.11 bits per heavy atom. The van der Waals surface area contributed by atoms with E-state index in [0.29, 0.717) is 29.8 Å². The Labute approximate surface area is 206 Å². The number of rotatable bonds is 9. The van der Waals surface area contributed by atoms with Crippen molar-refractivity contribution in [2.24, 2.45) is 0 Å². The van der Waals surface area contributed by atoms with Gasteiger partial charge in [0.2, 0.25) is 0 Å². The van der Waals surface area contributed by atoms with E-state index < -0.39 is 17.7 Å². The number of methoxy groups -OCH3 is 1. The molecule has 0 aromatic heterocycles. The molecule has 8 nitrogen and oxygen atoms in total. The highest BCUT2D eigenvalue weighted by Crippen LogP contribution is 2.42. The highest BCUT2D eigenvalue weighted by Gasteiger charge is 2.46. The summed E-state index contributed by atoms with van der Waals surface area (Å²) in [6, 6.07) is 9.01. The molecule has 1 aliphatic rings. The maximum atomic E-state index is 13.2. The highest BCUT2D eigenvalue weighted by atomic mass is 16.5. The minimum atomic E-state index is -0.821. The SMILES string of the molecule is COc1cc([C@@H]2C(=C(O)c3ccc(OC(C)C)c(C)c3)C(=O)C(=O)N2CCCN(C)C)ccc1O. The lowest BCUT2D eigenvalue weighted by atomic mass is 9.94. The van der Waals surface area contributed by atoms with E-state index in [4.69, 9.17) is 9.47 Å². The number of hydrogen-bond acceptors (Lipinski definition) is 7. The first-order valence-electron chi connectivity index (χ1n) is 11.6. The van der Waals surface area contributed by atoms with Crippen molar-refractivity contribution >= 4 is 17.4 Å². The number of amides is 1. The van der Waals surface area contributed by atoms with Crippen LogP contribution in [0.1, 0.15) is 43.0 Å². The molecule has 2 N–H and O–H groups in total. The minimum Gasteiger partial charge on any atom is -0.507 e. The summed E-state index contributed by atoms with van der Waals surface area (Å²) in [5.41, 5.74) is 1.78. The molecule has 1 amide bonds. The lowest BCUT2D eigenvalue weighted by Gasteiger charge is -2.26. The molecule has 0 aliphatic carbocycles. The second kappa shape index (κ2) is 10.8. The van der Waals surface area contributed by atoms with Crippen molar-refractivity contribution in [1.82, 2.24) is 9.80 Å². The lowest BCUT2D eigenvalue weighted by Crippen LogP contribution is -2.32. The van der Waals surface area contributed by atoms with Crippen LogP contribution >= 0.6 is 0 Å². The van der Waals surface area contributed by atoms with Gasteiger partial charge in [-0.05, 0) is 89.3 Å². The van der Waals surface area contributed by atoms with Gasteiger partial charge in [-0.1, -0.05) is 6.07 Å². The van der Waals surface area contributed by atoms with Crippen LogP contribution in [0.2, 0.25) is 0 Å². The monoisotopic (exact) mass is 482 g/mol. The van der Waals surface area contributed by atoms with E-state index in [9.17, 15) is 19.8 Å². The van der Waals surface area contributed by atoms with Crippen LogP contribution in [0.15, 0.2) is 42.0 Å². The van der Waals surface area contributed by atoms with Gasteiger partial charge < -0.3 is 29.5 Å². The molecule has 1 aliphatic heterocycles. The van der Waals surface area contributed by atoms with E-state index in [0.717, 1.165) is 12.1 Å². The average Bonchev–Trinajstić information content (AvgIpc) is 3.05. The Morgan fingerprint density at radius 2 is 1.83 bits per heavy atom. The van der Waals surface area contributed by atoms with Crippen LogP contribution in [0, 0.1) is 6.92 Å². The fraction of sp³-hybridized carbons (Fsp3) is 0.407. The van der Waals surface area contributed by atoms with E-state index in [1.54, 1.807) is 30.3 Å². The van der Waals surface area contributed by atoms with Gasteiger partial charge >= 0.3 is 0 Å². The molecule has 1 fully saturated rings. The second-order valence-electron chi connectivity index (χ2n) is 9.23. The third kappa shape index (κ3) is 5.59. The molecular weight excluding hydrogens is 448 g/mol. The maximum absolute atomic E-state index is 13.2. The van der Waals surface area contributed by atoms with Crippen LogP contribution in [0.4, 0.5) is 0 Å². The average molecular weight is 483 g/mol. The quantitative estimate of drug-likeness (QED) is 0.318. The van der Waals surface area contributed by atoms with Crippen LogP contribution in [-0.2, 0) is 9.59 Å². The standard InChI is InChI=1S/C27H34N2O6/c1-16(2)35-21-11-9-19(14-17(21)3)25(31)23-24(18-8-10-20(30)22(15-18)34-6)29(27(33)26(23)32)13-7-12-28(4)5/h8-11,14-16,24,30-31H,7,12-13H2,1-6H3/t24-/m1/s1. The summed E-state index contributed by atoms with van der Waals surface area (Å²) >= 11 is 0. The summed E-state index contributed by atoms with van der Waals surface area (Å²) in [4.78, 5) is 29.8. The van der Waals surface area contributed by atoms with Crippen LogP contribution < -0.4 is 9.47 Å². The summed E-state index contributed by atoms with van der Waals surface area (Å²) in [6.07, 6.45) is 0.636. The van der Waals surface area contributed by atoms with Gasteiger partial charge in [-0.25, -0.2) is 0 Å². The number of Topliss-reactive ketones (excluding diaryl/α,β-unsaturated/α-hetero) is 1. The summed E-state index contributed by atoms with van der Waals surface area (Å²) in [5, 5.41) is 21.4. The number of aryl methyl sites for hydroxylation is 1. The van der Waals surface area contributed by atoms with Gasteiger partial charge in [0.05, 0.1) is 24.8 Å². The lowest BCUT2D eigenvalue weighted by molar-refractivity contribution is -0.139. The molecule has 1 heterocycles. The summed E-state index contributed by atoms with van der Waals surface area (Å²) in [7, 11) is 5.30. The number of ether oxygens (including phenoxy) is 2. The van der Waals surface area contributed by atoms with E-state index in [1.165, 1.54) is 18.1 Å². The zero-order chi connectivity index (χ0) is 25.9. The van der Waals surface area contributed by atoms with Crippen LogP contribution in [0.25, 0.3) is 5.76 Å². The summed E-state index contributed by atoms with van der Waals surface area (Å²) in [5.74, 6) is -0.830. The first-order chi connectivity index (χ1) is 16.5. The van der Waals surface area contributed by atoms with Gasteiger partial charge in [0.15, 0.2) is 11.5 Å². The molecule has 1 atom stereocenters. The second-order valence-corrected chi connectivity index (χ2v) is 9.23. The van der Waals surface area contributed by atoms with E-state index in [1.807, 2.05) is 39.8 Å². The van der Waals surface area contributed by atoms with Crippen molar-refractivity contribution in [3.63, 3.8) is 0 Å². The van der Waals surface area contributed by atoms with Crippen LogP contribution in [0.3, 0.4) is 0 Å². The van der Waals surface area contributed by atoms with Gasteiger partial charge in [-0.15, -0.1) is 0 Å². The molecule has 2 aromatic rings. The molecule has 1 saturated heterocycles. The molecular formula is C27H34N2O6. The van der Waals surface area contributed by atoms with E-state index in [-0.39, 0.29) is 28.9 Å². The number of carbonyl (C=O) groups is 2. The molecule has 0 spiro atoms. The highest BCUT2D eigenvalue weighted by molar-refractivity contribution is 6.46. The van der Waals surface area contributed by atoms with Gasteiger partial charge in [0.25, 0.3) is 11.7 Å². The maximum Gasteiger partial charge on any atom is 0.295 e. The molecule has 3 rings (SSSR count). The number of hydrogen-bond donors (Lipinski definition) is 2. The molecule has 188 valence electrons. The molecule has 35 heavy (non-hydrogen) atoms. The van der Waals surface area contributed by atoms with E-state index in [2.05, 4.69) is 0 Å². The number of nitrogens with zero attached hydrogens (tertiary/aromatic N) is 2. The Morgan fingerprint density at radius 3 is 2.43 bits per heavy atom. The van der Waals surface area contributed by atoms with Gasteiger partial charge in [-0.2, -0.15) is 0 Å². The zero-order valence-electron chi connectivity index (χ0n) is 21.2. The van der Waals surface area contributed by atoms with Crippen LogP contribution in [-0.4, -0.2) is 72.1 Å². The molecule has 0 saturated carbocycles. The molecule has 0 bridgehead atoms. The normalized spacial score (nSPS) is 17.5. The van der Waals surface area contributed by atoms with Crippen molar-refractivity contribution in [3.05, 3.63) is 58.7 Å². The Kier molecular flexibility index (Phi) is 8.07. The first kappa shape index (κ1) is 26.1. The van der Waals surface area contributed by atoms with Crippen molar-refractivity contribution in [2.45, 2.75) is 39.3 Å². The van der Waals surface area contributed by atoms with Gasteiger partial charge in [-0.3, -0.25) is 9.59 Å². The zero-order valence-corrected chi connectivity index (χ0v) is 21.2. The number of aliphatic hydroxyl groups is 1. The van der Waals surface area contributed by atoms with Crippen molar-refractivity contribution < 1.29 is 29.3 Å². The molecule has 8 heteroatoms. The number of aliphatic hydroxyl groups excluding tert-OH is 1. The summed E-state index contributed by atoms with van der Waals surface area (Å²) < 4.78 is 11.0. The number of carbonyl (C=O) groups excluding carboxylic acids is 2. The van der Waals surface area contributed by atoms with Crippen molar-refractivity contribution in [1.29, 1.82) is 0 Å². The Balaban J connectivity index is 2.12.